The molecule has 1 atom stereocenters. The Morgan fingerprint density at radius 3 is 2.70 bits per heavy atom. The van der Waals surface area contributed by atoms with Crippen LogP contribution in [-0.2, 0) is 0 Å². The average molecular weight is 300 g/mol. The van der Waals surface area contributed by atoms with Crippen LogP contribution in [0.25, 0.3) is 0 Å². The van der Waals surface area contributed by atoms with Gasteiger partial charge in [-0.25, -0.2) is 0 Å². The van der Waals surface area contributed by atoms with Gasteiger partial charge in [0.1, 0.15) is 0 Å². The van der Waals surface area contributed by atoms with Gasteiger partial charge >= 0.3 is 0 Å². The third-order valence-electron chi connectivity index (χ3n) is 3.47. The van der Waals surface area contributed by atoms with Gasteiger partial charge in [0.2, 0.25) is 17.2 Å². The zero-order chi connectivity index (χ0) is 14.4. The van der Waals surface area contributed by atoms with Gasteiger partial charge in [0.15, 0.2) is 0 Å². The van der Waals surface area contributed by atoms with Gasteiger partial charge < -0.3 is 15.3 Å². The predicted octanol–water partition coefficient (Wildman–Crippen LogP) is 2.09. The molecule has 2 rings (SSSR count). The van der Waals surface area contributed by atoms with Crippen LogP contribution in [0.4, 0.5) is 11.9 Å². The molecule has 0 bridgehead atoms. The molecule has 1 aromatic heterocycles. The summed E-state index contributed by atoms with van der Waals surface area (Å²) in [5.74, 6) is 1.12. The second-order valence-corrected chi connectivity index (χ2v) is 5.39. The second kappa shape index (κ2) is 7.59. The average Bonchev–Trinajstić information content (AvgIpc) is 2.47. The van der Waals surface area contributed by atoms with Crippen molar-refractivity contribution in [3.8, 4) is 0 Å². The van der Waals surface area contributed by atoms with Crippen LogP contribution in [0.5, 0.6) is 0 Å². The standard InChI is InChI=1S/C13H22ClN5O/c1-2-10(20)6-7-15-12-16-11(14)17-13(18-12)19-8-4-3-5-9-19/h10,20H,2-9H2,1H3,(H,15,16,17,18). The molecule has 0 saturated carbocycles. The number of aromatic nitrogens is 3. The Morgan fingerprint density at radius 1 is 1.25 bits per heavy atom. The minimum atomic E-state index is -0.290. The highest BCUT2D eigenvalue weighted by Crippen LogP contribution is 2.18. The first-order valence-electron chi connectivity index (χ1n) is 7.27. The Balaban J connectivity index is 1.97. The first kappa shape index (κ1) is 15.3. The number of nitrogens with zero attached hydrogens (tertiary/aromatic N) is 4. The fraction of sp³-hybridized carbons (Fsp3) is 0.769. The number of piperidine rings is 1. The van der Waals surface area contributed by atoms with Gasteiger partial charge in [0.25, 0.3) is 0 Å². The minimum absolute atomic E-state index is 0.208. The van der Waals surface area contributed by atoms with Crippen LogP contribution in [0.15, 0.2) is 0 Å². The van der Waals surface area contributed by atoms with Gasteiger partial charge in [0.05, 0.1) is 6.10 Å². The van der Waals surface area contributed by atoms with Crippen LogP contribution >= 0.6 is 11.6 Å². The summed E-state index contributed by atoms with van der Waals surface area (Å²) in [6.45, 7) is 4.51. The molecule has 6 nitrogen and oxygen atoms in total. The first-order valence-corrected chi connectivity index (χ1v) is 7.65. The van der Waals surface area contributed by atoms with E-state index in [-0.39, 0.29) is 11.4 Å². The molecule has 1 aliphatic heterocycles. The fourth-order valence-electron chi connectivity index (χ4n) is 2.21. The maximum absolute atomic E-state index is 9.52. The number of nitrogens with one attached hydrogen (secondary N) is 1. The van der Waals surface area contributed by atoms with E-state index < -0.39 is 0 Å². The van der Waals surface area contributed by atoms with E-state index >= 15 is 0 Å². The molecular formula is C13H22ClN5O. The molecule has 0 aliphatic carbocycles. The predicted molar refractivity (Wildman–Crippen MR) is 80.3 cm³/mol. The SMILES string of the molecule is CCC(O)CCNc1nc(Cl)nc(N2CCCCC2)n1. The molecule has 112 valence electrons. The molecule has 2 heterocycles. The zero-order valence-corrected chi connectivity index (χ0v) is 12.6. The van der Waals surface area contributed by atoms with Gasteiger partial charge in [-0.3, -0.25) is 0 Å². The molecule has 0 amide bonds. The molecule has 1 aliphatic rings. The lowest BCUT2D eigenvalue weighted by molar-refractivity contribution is 0.164. The number of halogens is 1. The number of rotatable bonds is 6. The van der Waals surface area contributed by atoms with Gasteiger partial charge in [-0.2, -0.15) is 15.0 Å². The maximum Gasteiger partial charge on any atom is 0.231 e. The molecule has 20 heavy (non-hydrogen) atoms. The van der Waals surface area contributed by atoms with Crippen molar-refractivity contribution >= 4 is 23.5 Å². The van der Waals surface area contributed by atoms with Crippen molar-refractivity contribution < 1.29 is 5.11 Å². The van der Waals surface area contributed by atoms with Crippen molar-refractivity contribution in [1.29, 1.82) is 0 Å². The molecule has 1 unspecified atom stereocenters. The Morgan fingerprint density at radius 2 is 2.00 bits per heavy atom. The quantitative estimate of drug-likeness (QED) is 0.838. The van der Waals surface area contributed by atoms with E-state index in [0.29, 0.717) is 24.9 Å². The third kappa shape index (κ3) is 4.45. The van der Waals surface area contributed by atoms with Gasteiger partial charge in [0, 0.05) is 19.6 Å². The van der Waals surface area contributed by atoms with E-state index in [1.165, 1.54) is 6.42 Å². The van der Waals surface area contributed by atoms with Crippen molar-refractivity contribution in [2.75, 3.05) is 29.9 Å². The van der Waals surface area contributed by atoms with Crippen LogP contribution < -0.4 is 10.2 Å². The van der Waals surface area contributed by atoms with Gasteiger partial charge in [-0.05, 0) is 43.7 Å². The number of anilines is 2. The minimum Gasteiger partial charge on any atom is -0.393 e. The summed E-state index contributed by atoms with van der Waals surface area (Å²) in [5, 5.41) is 12.8. The van der Waals surface area contributed by atoms with Crippen molar-refractivity contribution in [2.24, 2.45) is 0 Å². The highest BCUT2D eigenvalue weighted by molar-refractivity contribution is 6.28. The summed E-state index contributed by atoms with van der Waals surface area (Å²) in [6.07, 6.45) is 4.71. The topological polar surface area (TPSA) is 74.2 Å². The van der Waals surface area contributed by atoms with E-state index in [2.05, 4.69) is 25.2 Å². The van der Waals surface area contributed by atoms with E-state index in [0.717, 1.165) is 32.4 Å². The molecule has 2 N–H and O–H groups in total. The van der Waals surface area contributed by atoms with Crippen molar-refractivity contribution in [2.45, 2.75) is 45.1 Å². The molecular weight excluding hydrogens is 278 g/mol. The summed E-state index contributed by atoms with van der Waals surface area (Å²) in [6, 6.07) is 0. The molecule has 0 spiro atoms. The Kier molecular flexibility index (Phi) is 5.79. The summed E-state index contributed by atoms with van der Waals surface area (Å²) < 4.78 is 0. The normalized spacial score (nSPS) is 17.1. The molecule has 0 radical (unpaired) electrons. The van der Waals surface area contributed by atoms with Gasteiger partial charge in [-0.15, -0.1) is 0 Å². The second-order valence-electron chi connectivity index (χ2n) is 5.05. The number of hydrogen-bond acceptors (Lipinski definition) is 6. The van der Waals surface area contributed by atoms with Crippen LogP contribution in [0.1, 0.15) is 39.0 Å². The lowest BCUT2D eigenvalue weighted by Gasteiger charge is -2.26. The van der Waals surface area contributed by atoms with Crippen molar-refractivity contribution in [1.82, 2.24) is 15.0 Å². The zero-order valence-electron chi connectivity index (χ0n) is 11.8. The molecule has 0 aromatic carbocycles. The number of aliphatic hydroxyl groups excluding tert-OH is 1. The smallest absolute Gasteiger partial charge is 0.231 e. The van der Waals surface area contributed by atoms with Crippen LogP contribution in [0, 0.1) is 0 Å². The highest BCUT2D eigenvalue weighted by Gasteiger charge is 2.15. The van der Waals surface area contributed by atoms with Crippen LogP contribution in [0.2, 0.25) is 5.28 Å². The van der Waals surface area contributed by atoms with Crippen LogP contribution in [-0.4, -0.2) is 45.8 Å². The number of aliphatic hydroxyl groups is 1. The van der Waals surface area contributed by atoms with E-state index in [9.17, 15) is 5.11 Å². The molecule has 7 heteroatoms. The Bertz CT molecular complexity index is 425. The lowest BCUT2D eigenvalue weighted by atomic mass is 10.1. The summed E-state index contributed by atoms with van der Waals surface area (Å²) in [5.41, 5.74) is 0. The molecule has 1 saturated heterocycles. The lowest BCUT2D eigenvalue weighted by Crippen LogP contribution is -2.31. The summed E-state index contributed by atoms with van der Waals surface area (Å²) >= 11 is 5.96. The number of hydrogen-bond donors (Lipinski definition) is 2. The first-order chi connectivity index (χ1) is 9.69. The third-order valence-corrected chi connectivity index (χ3v) is 3.64. The van der Waals surface area contributed by atoms with Crippen molar-refractivity contribution in [3.63, 3.8) is 0 Å². The Labute approximate surface area is 124 Å². The van der Waals surface area contributed by atoms with Gasteiger partial charge in [-0.1, -0.05) is 6.92 Å². The summed E-state index contributed by atoms with van der Waals surface area (Å²) in [7, 11) is 0. The van der Waals surface area contributed by atoms with E-state index in [1.54, 1.807) is 0 Å². The van der Waals surface area contributed by atoms with E-state index in [4.69, 9.17) is 11.6 Å². The molecule has 1 fully saturated rings. The Hall–Kier alpha value is -1.14. The maximum atomic E-state index is 9.52. The van der Waals surface area contributed by atoms with E-state index in [1.807, 2.05) is 6.92 Å². The van der Waals surface area contributed by atoms with Crippen LogP contribution in [0.3, 0.4) is 0 Å². The van der Waals surface area contributed by atoms with Crippen molar-refractivity contribution in [3.05, 3.63) is 5.28 Å². The monoisotopic (exact) mass is 299 g/mol. The largest absolute Gasteiger partial charge is 0.393 e. The molecule has 1 aromatic rings. The summed E-state index contributed by atoms with van der Waals surface area (Å²) in [4.78, 5) is 14.8. The highest BCUT2D eigenvalue weighted by atomic mass is 35.5. The fourth-order valence-corrected chi connectivity index (χ4v) is 2.36.